The predicted molar refractivity (Wildman–Crippen MR) is 64.7 cm³/mol. The molecule has 0 rings (SSSR count). The van der Waals surface area contributed by atoms with E-state index in [2.05, 4.69) is 6.08 Å². The molecule has 0 atom stereocenters. The van der Waals surface area contributed by atoms with Gasteiger partial charge in [0.25, 0.3) is 0 Å². The average molecular weight is 183 g/mol. The van der Waals surface area contributed by atoms with E-state index >= 15 is 0 Å². The Hall–Kier alpha value is -0.850. The fraction of sp³-hybridized carbons (Fsp3) is 0.583. The van der Waals surface area contributed by atoms with E-state index in [-0.39, 0.29) is 0 Å². The van der Waals surface area contributed by atoms with E-state index in [9.17, 15) is 0 Å². The van der Waals surface area contributed by atoms with Gasteiger partial charge in [-0.2, -0.15) is 0 Å². The normalized spacial score (nSPS) is 8.77. The topological polar surface area (TPSA) is 23.9 Å². The molecule has 0 aliphatic heterocycles. The summed E-state index contributed by atoms with van der Waals surface area (Å²) in [6.07, 6.45) is 8.78. The molecule has 1 nitrogen and oxygen atoms in total. The van der Waals surface area contributed by atoms with E-state index < -0.39 is 0 Å². The smallest absolute Gasteiger partial charge is 0.0279 e. The van der Waals surface area contributed by atoms with Gasteiger partial charge in [-0.25, -0.2) is 0 Å². The minimum absolute atomic E-state index is 0.611. The minimum atomic E-state index is 0.611. The largest absolute Gasteiger partial charge is 0.306 e. The lowest BCUT2D eigenvalue weighted by atomic mass is 10.3. The van der Waals surface area contributed by atoms with Crippen molar-refractivity contribution in [3.63, 3.8) is 0 Å². The summed E-state index contributed by atoms with van der Waals surface area (Å²) in [5.41, 5.74) is 0.611. The Kier molecular flexibility index (Phi) is 31.2. The molecule has 1 N–H and O–H groups in total. The van der Waals surface area contributed by atoms with Crippen molar-refractivity contribution in [2.45, 2.75) is 48.0 Å². The molecule has 0 spiro atoms. The Morgan fingerprint density at radius 2 is 1.54 bits per heavy atom. The van der Waals surface area contributed by atoms with Crippen LogP contribution < -0.4 is 0 Å². The van der Waals surface area contributed by atoms with Gasteiger partial charge < -0.3 is 5.41 Å². The van der Waals surface area contributed by atoms with Crippen LogP contribution in [0.5, 0.6) is 0 Å². The van der Waals surface area contributed by atoms with E-state index in [0.717, 1.165) is 6.42 Å². The first kappa shape index (κ1) is 18.0. The highest BCUT2D eigenvalue weighted by Gasteiger charge is 1.72. The van der Waals surface area contributed by atoms with Crippen molar-refractivity contribution >= 4 is 5.71 Å². The molecule has 0 bridgehead atoms. The quantitative estimate of drug-likeness (QED) is 0.488. The van der Waals surface area contributed by atoms with Gasteiger partial charge in [-0.05, 0) is 26.3 Å². The molecule has 0 aliphatic rings. The van der Waals surface area contributed by atoms with Crippen LogP contribution in [0.2, 0.25) is 0 Å². The third-order valence-electron chi connectivity index (χ3n) is 0.876. The van der Waals surface area contributed by atoms with Gasteiger partial charge in [0.05, 0.1) is 0 Å². The van der Waals surface area contributed by atoms with Crippen molar-refractivity contribution in [1.82, 2.24) is 0 Å². The summed E-state index contributed by atoms with van der Waals surface area (Å²) in [4.78, 5) is 0. The molecular weight excluding hydrogens is 158 g/mol. The molecule has 78 valence electrons. The molecule has 0 fully saturated rings. The maximum Gasteiger partial charge on any atom is 0.0279 e. The molecule has 0 unspecified atom stereocenters. The molecule has 0 aliphatic carbocycles. The number of hydrogen-bond donors (Lipinski definition) is 1. The van der Waals surface area contributed by atoms with Crippen LogP contribution in [0.25, 0.3) is 0 Å². The van der Waals surface area contributed by atoms with Crippen LogP contribution >= 0.6 is 0 Å². The molecule has 0 saturated carbocycles. The molecular formula is C12H25N. The lowest BCUT2D eigenvalue weighted by Gasteiger charge is -1.80. The Labute approximate surface area is 84.1 Å². The molecule has 0 heterocycles. The zero-order valence-electron chi connectivity index (χ0n) is 10.0. The Balaban J connectivity index is -0.000000218. The molecule has 0 radical (unpaired) electrons. The van der Waals surface area contributed by atoms with Gasteiger partial charge in [0, 0.05) is 5.71 Å². The molecule has 0 amide bonds. The lowest BCUT2D eigenvalue weighted by molar-refractivity contribution is 1.37. The lowest BCUT2D eigenvalue weighted by Crippen LogP contribution is -1.76. The van der Waals surface area contributed by atoms with Gasteiger partial charge in [-0.15, -0.1) is 0 Å². The van der Waals surface area contributed by atoms with E-state index in [1.807, 2.05) is 46.8 Å². The Bertz CT molecular complexity index is 132. The fourth-order valence-electron chi connectivity index (χ4n) is 0.459. The maximum atomic E-state index is 7.02. The van der Waals surface area contributed by atoms with E-state index in [1.165, 1.54) is 0 Å². The van der Waals surface area contributed by atoms with E-state index in [0.29, 0.717) is 5.71 Å². The van der Waals surface area contributed by atoms with E-state index in [1.54, 1.807) is 13.0 Å². The molecule has 1 heteroatoms. The summed E-state index contributed by atoms with van der Waals surface area (Å²) in [6, 6.07) is 0. The van der Waals surface area contributed by atoms with Crippen molar-refractivity contribution in [3.05, 3.63) is 24.3 Å². The number of rotatable bonds is 3. The zero-order chi connectivity index (χ0) is 11.1. The molecule has 0 aromatic carbocycles. The van der Waals surface area contributed by atoms with Crippen molar-refractivity contribution in [2.75, 3.05) is 0 Å². The summed E-state index contributed by atoms with van der Waals surface area (Å²) in [6.45, 7) is 11.8. The number of hydrogen-bond acceptors (Lipinski definition) is 1. The first-order chi connectivity index (χ1) is 6.27. The fourth-order valence-corrected chi connectivity index (χ4v) is 0.459. The highest BCUT2D eigenvalue weighted by Crippen LogP contribution is 1.85. The summed E-state index contributed by atoms with van der Waals surface area (Å²) >= 11 is 0. The second kappa shape index (κ2) is 22.5. The van der Waals surface area contributed by atoms with Crippen molar-refractivity contribution in [3.8, 4) is 0 Å². The minimum Gasteiger partial charge on any atom is -0.306 e. The first-order valence-corrected chi connectivity index (χ1v) is 5.10. The van der Waals surface area contributed by atoms with Crippen LogP contribution in [0.15, 0.2) is 24.3 Å². The zero-order valence-corrected chi connectivity index (χ0v) is 10.0. The van der Waals surface area contributed by atoms with Gasteiger partial charge in [-0.3, -0.25) is 0 Å². The van der Waals surface area contributed by atoms with Gasteiger partial charge in [0.1, 0.15) is 0 Å². The maximum absolute atomic E-state index is 7.02. The predicted octanol–water partition coefficient (Wildman–Crippen LogP) is 4.60. The van der Waals surface area contributed by atoms with Crippen LogP contribution in [-0.2, 0) is 0 Å². The summed E-state index contributed by atoms with van der Waals surface area (Å²) in [7, 11) is 0. The van der Waals surface area contributed by atoms with Crippen LogP contribution in [0, 0.1) is 5.41 Å². The Morgan fingerprint density at radius 1 is 1.08 bits per heavy atom. The van der Waals surface area contributed by atoms with Gasteiger partial charge >= 0.3 is 0 Å². The Morgan fingerprint density at radius 3 is 1.85 bits per heavy atom. The van der Waals surface area contributed by atoms with Crippen molar-refractivity contribution in [1.29, 1.82) is 5.41 Å². The highest BCUT2D eigenvalue weighted by atomic mass is 14.4. The molecule has 0 aromatic heterocycles. The van der Waals surface area contributed by atoms with Gasteiger partial charge in [0.15, 0.2) is 0 Å². The van der Waals surface area contributed by atoms with Crippen LogP contribution in [0.3, 0.4) is 0 Å². The van der Waals surface area contributed by atoms with Gasteiger partial charge in [0.2, 0.25) is 0 Å². The van der Waals surface area contributed by atoms with E-state index in [4.69, 9.17) is 5.41 Å². The SMILES string of the molecule is C/C=C\C/C=C\C(C)=N.CC.CC. The third-order valence-corrected chi connectivity index (χ3v) is 0.876. The molecule has 13 heavy (non-hydrogen) atoms. The number of nitrogens with one attached hydrogen (secondary N) is 1. The summed E-state index contributed by atoms with van der Waals surface area (Å²) in [5, 5.41) is 7.02. The average Bonchev–Trinajstić information content (AvgIpc) is 2.19. The van der Waals surface area contributed by atoms with Gasteiger partial charge in [-0.1, -0.05) is 45.9 Å². The second-order valence-corrected chi connectivity index (χ2v) is 1.89. The van der Waals surface area contributed by atoms with Crippen LogP contribution in [0.4, 0.5) is 0 Å². The number of allylic oxidation sites excluding steroid dienone is 4. The summed E-state index contributed by atoms with van der Waals surface area (Å²) in [5.74, 6) is 0. The van der Waals surface area contributed by atoms with Crippen LogP contribution in [-0.4, -0.2) is 5.71 Å². The standard InChI is InChI=1S/C8H13N.2C2H6/c1-3-4-5-6-7-8(2)9;2*1-2/h3-4,6-7,9H,5H2,1-2H3;2*1-2H3/b4-3-,7-6-,9-8?;;. The monoisotopic (exact) mass is 183 g/mol. The highest BCUT2D eigenvalue weighted by molar-refractivity contribution is 5.89. The summed E-state index contributed by atoms with van der Waals surface area (Å²) < 4.78 is 0. The van der Waals surface area contributed by atoms with Crippen molar-refractivity contribution in [2.24, 2.45) is 0 Å². The van der Waals surface area contributed by atoms with Crippen molar-refractivity contribution < 1.29 is 0 Å². The molecule has 0 saturated heterocycles. The first-order valence-electron chi connectivity index (χ1n) is 5.10. The molecule has 0 aromatic rings. The second-order valence-electron chi connectivity index (χ2n) is 1.89. The van der Waals surface area contributed by atoms with Crippen LogP contribution in [0.1, 0.15) is 48.0 Å². The third kappa shape index (κ3) is 35.2.